The van der Waals surface area contributed by atoms with Crippen molar-refractivity contribution in [2.24, 2.45) is 5.73 Å². The molecule has 1 atom stereocenters. The second-order valence-corrected chi connectivity index (χ2v) is 5.20. The molecule has 2 aromatic rings. The summed E-state index contributed by atoms with van der Waals surface area (Å²) in [5.74, 6) is 0.766. The Labute approximate surface area is 129 Å². The Balaban J connectivity index is 2.02. The number of hydrogen-bond donors (Lipinski definition) is 1. The predicted molar refractivity (Wildman–Crippen MR) is 84.2 cm³/mol. The first-order valence-electron chi connectivity index (χ1n) is 6.81. The Hall–Kier alpha value is -2.02. The first-order chi connectivity index (χ1) is 10.1. The highest BCUT2D eigenvalue weighted by atomic mass is 35.5. The van der Waals surface area contributed by atoms with Crippen LogP contribution in [-0.2, 0) is 6.61 Å². The molecule has 0 heterocycles. The zero-order valence-electron chi connectivity index (χ0n) is 11.8. The lowest BCUT2D eigenvalue weighted by Gasteiger charge is -2.11. The van der Waals surface area contributed by atoms with Crippen LogP contribution in [0.25, 0.3) is 0 Å². The van der Waals surface area contributed by atoms with Crippen LogP contribution in [0.2, 0.25) is 5.02 Å². The van der Waals surface area contributed by atoms with Gasteiger partial charge in [0.2, 0.25) is 0 Å². The van der Waals surface area contributed by atoms with E-state index in [1.54, 1.807) is 12.1 Å². The first kappa shape index (κ1) is 15.4. The highest BCUT2D eigenvalue weighted by Gasteiger charge is 2.05. The van der Waals surface area contributed by atoms with Crippen molar-refractivity contribution in [1.82, 2.24) is 0 Å². The van der Waals surface area contributed by atoms with Gasteiger partial charge in [0.1, 0.15) is 12.4 Å². The van der Waals surface area contributed by atoms with E-state index < -0.39 is 0 Å². The van der Waals surface area contributed by atoms with Crippen molar-refractivity contribution in [3.8, 4) is 11.8 Å². The summed E-state index contributed by atoms with van der Waals surface area (Å²) >= 11 is 6.11. The van der Waals surface area contributed by atoms with Gasteiger partial charge in [-0.3, -0.25) is 0 Å². The Morgan fingerprint density at radius 1 is 1.24 bits per heavy atom. The molecule has 0 aliphatic rings. The van der Waals surface area contributed by atoms with E-state index in [0.29, 0.717) is 17.2 Å². The summed E-state index contributed by atoms with van der Waals surface area (Å²) in [4.78, 5) is 0. The van der Waals surface area contributed by atoms with Crippen molar-refractivity contribution in [2.45, 2.75) is 26.0 Å². The average Bonchev–Trinajstić information content (AvgIpc) is 2.53. The largest absolute Gasteiger partial charge is 0.489 e. The topological polar surface area (TPSA) is 59.0 Å². The number of ether oxygens (including phenoxy) is 1. The van der Waals surface area contributed by atoms with Crippen molar-refractivity contribution in [2.75, 3.05) is 0 Å². The molecule has 2 rings (SSSR count). The summed E-state index contributed by atoms with van der Waals surface area (Å²) in [6.07, 6.45) is 0.904. The molecule has 0 amide bonds. The minimum absolute atomic E-state index is 0.0621. The second-order valence-electron chi connectivity index (χ2n) is 4.79. The molecule has 1 unspecified atom stereocenters. The van der Waals surface area contributed by atoms with Gasteiger partial charge in [-0.2, -0.15) is 5.26 Å². The normalized spacial score (nSPS) is 11.7. The zero-order valence-corrected chi connectivity index (χ0v) is 12.6. The van der Waals surface area contributed by atoms with E-state index in [2.05, 4.69) is 13.0 Å². The van der Waals surface area contributed by atoms with Crippen LogP contribution in [0.5, 0.6) is 5.75 Å². The molecular weight excluding hydrogens is 284 g/mol. The average molecular weight is 301 g/mol. The van der Waals surface area contributed by atoms with Gasteiger partial charge >= 0.3 is 0 Å². The van der Waals surface area contributed by atoms with Crippen LogP contribution in [0.1, 0.15) is 36.1 Å². The highest BCUT2D eigenvalue weighted by molar-refractivity contribution is 6.31. The molecule has 0 aliphatic heterocycles. The molecule has 0 saturated heterocycles. The standard InChI is InChI=1S/C17H17ClN2O/c1-2-17(20)13-5-7-15(8-6-13)21-11-14-4-3-12(10-19)9-16(14)18/h3-9,17H,2,11,20H2,1H3. The number of benzene rings is 2. The van der Waals surface area contributed by atoms with Gasteiger partial charge in [-0.15, -0.1) is 0 Å². The lowest BCUT2D eigenvalue weighted by molar-refractivity contribution is 0.306. The Bertz CT molecular complexity index is 647. The molecule has 0 aliphatic carbocycles. The minimum atomic E-state index is 0.0621. The van der Waals surface area contributed by atoms with E-state index in [-0.39, 0.29) is 6.04 Å². The van der Waals surface area contributed by atoms with Crippen LogP contribution >= 0.6 is 11.6 Å². The lowest BCUT2D eigenvalue weighted by atomic mass is 10.1. The fourth-order valence-corrected chi connectivity index (χ4v) is 2.18. The quantitative estimate of drug-likeness (QED) is 0.900. The minimum Gasteiger partial charge on any atom is -0.489 e. The molecular formula is C17H17ClN2O. The number of nitrogens with two attached hydrogens (primary N) is 1. The van der Waals surface area contributed by atoms with Gasteiger partial charge in [0, 0.05) is 16.6 Å². The molecule has 21 heavy (non-hydrogen) atoms. The summed E-state index contributed by atoms with van der Waals surface area (Å²) in [5, 5.41) is 9.34. The molecule has 108 valence electrons. The van der Waals surface area contributed by atoms with E-state index in [1.165, 1.54) is 0 Å². The van der Waals surface area contributed by atoms with E-state index >= 15 is 0 Å². The lowest BCUT2D eigenvalue weighted by Crippen LogP contribution is -2.08. The Morgan fingerprint density at radius 3 is 2.52 bits per heavy atom. The molecule has 0 saturated carbocycles. The van der Waals surface area contributed by atoms with Gasteiger partial charge in [0.25, 0.3) is 0 Å². The number of nitrogens with zero attached hydrogens (tertiary/aromatic N) is 1. The number of hydrogen-bond acceptors (Lipinski definition) is 3. The SMILES string of the molecule is CCC(N)c1ccc(OCc2ccc(C#N)cc2Cl)cc1. The van der Waals surface area contributed by atoms with Crippen LogP contribution in [-0.4, -0.2) is 0 Å². The molecule has 0 spiro atoms. The van der Waals surface area contributed by atoms with E-state index in [0.717, 1.165) is 23.3 Å². The van der Waals surface area contributed by atoms with Gasteiger partial charge in [-0.25, -0.2) is 0 Å². The van der Waals surface area contributed by atoms with Crippen molar-refractivity contribution in [3.63, 3.8) is 0 Å². The predicted octanol–water partition coefficient (Wildman–Crippen LogP) is 4.20. The van der Waals surface area contributed by atoms with Gasteiger partial charge in [-0.1, -0.05) is 36.7 Å². The van der Waals surface area contributed by atoms with Crippen molar-refractivity contribution in [3.05, 3.63) is 64.2 Å². The first-order valence-corrected chi connectivity index (χ1v) is 7.18. The summed E-state index contributed by atoms with van der Waals surface area (Å²) < 4.78 is 5.71. The van der Waals surface area contributed by atoms with Gasteiger partial charge in [-0.05, 0) is 36.2 Å². The Kier molecular flexibility index (Phi) is 5.21. The molecule has 0 radical (unpaired) electrons. The summed E-state index contributed by atoms with van der Waals surface area (Å²) in [6.45, 7) is 2.42. The highest BCUT2D eigenvalue weighted by Crippen LogP contribution is 2.22. The molecule has 2 N–H and O–H groups in total. The maximum atomic E-state index is 8.80. The maximum absolute atomic E-state index is 8.80. The molecule has 0 fully saturated rings. The molecule has 2 aromatic carbocycles. The molecule has 0 aromatic heterocycles. The number of rotatable bonds is 5. The van der Waals surface area contributed by atoms with Crippen molar-refractivity contribution in [1.29, 1.82) is 5.26 Å². The van der Waals surface area contributed by atoms with Crippen LogP contribution in [0.4, 0.5) is 0 Å². The fourth-order valence-electron chi connectivity index (χ4n) is 1.94. The fraction of sp³-hybridized carbons (Fsp3) is 0.235. The molecule has 0 bridgehead atoms. The smallest absolute Gasteiger partial charge is 0.119 e. The monoisotopic (exact) mass is 300 g/mol. The van der Waals surface area contributed by atoms with E-state index in [4.69, 9.17) is 27.3 Å². The van der Waals surface area contributed by atoms with Crippen LogP contribution < -0.4 is 10.5 Å². The second kappa shape index (κ2) is 7.12. The third kappa shape index (κ3) is 3.98. The number of nitriles is 1. The van der Waals surface area contributed by atoms with E-state index in [9.17, 15) is 0 Å². The summed E-state index contributed by atoms with van der Waals surface area (Å²) in [6, 6.07) is 15.1. The van der Waals surface area contributed by atoms with Crippen LogP contribution in [0.15, 0.2) is 42.5 Å². The Morgan fingerprint density at radius 2 is 1.95 bits per heavy atom. The zero-order chi connectivity index (χ0) is 15.2. The van der Waals surface area contributed by atoms with Crippen LogP contribution in [0.3, 0.4) is 0 Å². The van der Waals surface area contributed by atoms with Crippen molar-refractivity contribution < 1.29 is 4.74 Å². The third-order valence-corrected chi connectivity index (χ3v) is 3.68. The maximum Gasteiger partial charge on any atom is 0.119 e. The summed E-state index contributed by atoms with van der Waals surface area (Å²) in [7, 11) is 0. The van der Waals surface area contributed by atoms with Crippen molar-refractivity contribution >= 4 is 11.6 Å². The van der Waals surface area contributed by atoms with E-state index in [1.807, 2.05) is 30.3 Å². The van der Waals surface area contributed by atoms with Gasteiger partial charge in [0.05, 0.1) is 11.6 Å². The van der Waals surface area contributed by atoms with Gasteiger partial charge < -0.3 is 10.5 Å². The summed E-state index contributed by atoms with van der Waals surface area (Å²) in [5.41, 5.74) is 8.47. The van der Waals surface area contributed by atoms with Gasteiger partial charge in [0.15, 0.2) is 0 Å². The molecule has 3 nitrogen and oxygen atoms in total. The number of halogens is 1. The van der Waals surface area contributed by atoms with Crippen LogP contribution in [0, 0.1) is 11.3 Å². The molecule has 4 heteroatoms. The third-order valence-electron chi connectivity index (χ3n) is 3.32.